The number of hydrogen-bond acceptors (Lipinski definition) is 3. The molecule has 10 heteroatoms. The normalized spacial score (nSPS) is 15.1. The summed E-state index contributed by atoms with van der Waals surface area (Å²) in [6.45, 7) is 2.68. The number of carbonyl (C=O) groups is 1. The minimum absolute atomic E-state index is 0.179. The lowest BCUT2D eigenvalue weighted by molar-refractivity contribution is -0.143. The van der Waals surface area contributed by atoms with E-state index in [-0.39, 0.29) is 5.69 Å². The highest BCUT2D eigenvalue weighted by molar-refractivity contribution is 6.30. The molecular formula is C23H21Cl2F3N4O. The van der Waals surface area contributed by atoms with Crippen LogP contribution >= 0.6 is 23.2 Å². The summed E-state index contributed by atoms with van der Waals surface area (Å²) in [7, 11) is 0. The fourth-order valence-corrected chi connectivity index (χ4v) is 4.09. The lowest BCUT2D eigenvalue weighted by Gasteiger charge is -2.34. The third-order valence-corrected chi connectivity index (χ3v) is 6.13. The van der Waals surface area contributed by atoms with Gasteiger partial charge in [-0.25, -0.2) is 4.68 Å². The monoisotopic (exact) mass is 496 g/mol. The zero-order valence-corrected chi connectivity index (χ0v) is 19.0. The molecule has 4 rings (SSSR count). The maximum Gasteiger partial charge on any atom is 0.434 e. The van der Waals surface area contributed by atoms with Crippen LogP contribution in [-0.2, 0) is 12.6 Å². The molecule has 0 N–H and O–H groups in total. The molecule has 1 saturated heterocycles. The SMILES string of the molecule is O=C(c1cnn(-c2ccc(Cl)cc2)c1C(F)(F)F)N1CCN(CCc2ccc(Cl)cc2)CC1. The third-order valence-electron chi connectivity index (χ3n) is 5.63. The Morgan fingerprint density at radius 2 is 1.48 bits per heavy atom. The van der Waals surface area contributed by atoms with Crippen LogP contribution in [0, 0.1) is 0 Å². The van der Waals surface area contributed by atoms with Gasteiger partial charge in [0.25, 0.3) is 5.91 Å². The predicted octanol–water partition coefficient (Wildman–Crippen LogP) is 5.20. The Morgan fingerprint density at radius 3 is 2.06 bits per heavy atom. The summed E-state index contributed by atoms with van der Waals surface area (Å²) in [6.07, 6.45) is -2.93. The quantitative estimate of drug-likeness (QED) is 0.487. The highest BCUT2D eigenvalue weighted by Gasteiger charge is 2.41. The van der Waals surface area contributed by atoms with Crippen molar-refractivity contribution in [2.24, 2.45) is 0 Å². The van der Waals surface area contributed by atoms with Crippen LogP contribution in [0.5, 0.6) is 0 Å². The van der Waals surface area contributed by atoms with Crippen LogP contribution in [0.2, 0.25) is 10.0 Å². The number of benzene rings is 2. The first-order valence-corrected chi connectivity index (χ1v) is 11.2. The summed E-state index contributed by atoms with van der Waals surface area (Å²) >= 11 is 11.7. The largest absolute Gasteiger partial charge is 0.434 e. The fourth-order valence-electron chi connectivity index (χ4n) is 3.84. The molecule has 0 atom stereocenters. The minimum Gasteiger partial charge on any atom is -0.336 e. The topological polar surface area (TPSA) is 41.4 Å². The van der Waals surface area contributed by atoms with Gasteiger partial charge >= 0.3 is 6.18 Å². The van der Waals surface area contributed by atoms with Crippen molar-refractivity contribution < 1.29 is 18.0 Å². The van der Waals surface area contributed by atoms with E-state index < -0.39 is 23.3 Å². The van der Waals surface area contributed by atoms with Crippen molar-refractivity contribution in [2.75, 3.05) is 32.7 Å². The van der Waals surface area contributed by atoms with Crippen molar-refractivity contribution in [3.05, 3.63) is 81.6 Å². The van der Waals surface area contributed by atoms with E-state index in [9.17, 15) is 18.0 Å². The number of carbonyl (C=O) groups excluding carboxylic acids is 1. The van der Waals surface area contributed by atoms with Gasteiger partial charge in [0.1, 0.15) is 0 Å². The minimum atomic E-state index is -4.75. The summed E-state index contributed by atoms with van der Waals surface area (Å²) in [5.74, 6) is -0.667. The van der Waals surface area contributed by atoms with Crippen LogP contribution in [0.1, 0.15) is 21.6 Å². The Balaban J connectivity index is 1.44. The predicted molar refractivity (Wildman–Crippen MR) is 121 cm³/mol. The molecule has 0 spiro atoms. The van der Waals surface area contributed by atoms with E-state index in [0.717, 1.165) is 29.4 Å². The highest BCUT2D eigenvalue weighted by Crippen LogP contribution is 2.34. The molecule has 1 aliphatic rings. The van der Waals surface area contributed by atoms with Crippen molar-refractivity contribution in [1.29, 1.82) is 0 Å². The number of amides is 1. The molecule has 5 nitrogen and oxygen atoms in total. The maximum atomic E-state index is 13.9. The lowest BCUT2D eigenvalue weighted by atomic mass is 10.1. The number of halogens is 5. The third kappa shape index (κ3) is 5.51. The zero-order valence-electron chi connectivity index (χ0n) is 17.5. The van der Waals surface area contributed by atoms with E-state index >= 15 is 0 Å². The van der Waals surface area contributed by atoms with Gasteiger partial charge in [0.05, 0.1) is 17.4 Å². The van der Waals surface area contributed by atoms with Crippen LogP contribution in [0.4, 0.5) is 13.2 Å². The van der Waals surface area contributed by atoms with Gasteiger partial charge in [-0.05, 0) is 48.4 Å². The van der Waals surface area contributed by atoms with Gasteiger partial charge in [-0.1, -0.05) is 35.3 Å². The molecule has 1 fully saturated rings. The number of alkyl halides is 3. The number of aromatic nitrogens is 2. The molecule has 0 unspecified atom stereocenters. The van der Waals surface area contributed by atoms with Crippen molar-refractivity contribution in [1.82, 2.24) is 19.6 Å². The lowest BCUT2D eigenvalue weighted by Crippen LogP contribution is -2.49. The van der Waals surface area contributed by atoms with E-state index in [4.69, 9.17) is 23.2 Å². The van der Waals surface area contributed by atoms with Crippen molar-refractivity contribution >= 4 is 29.1 Å². The van der Waals surface area contributed by atoms with Crippen LogP contribution in [0.25, 0.3) is 5.69 Å². The second-order valence-electron chi connectivity index (χ2n) is 7.80. The van der Waals surface area contributed by atoms with Crippen molar-refractivity contribution in [2.45, 2.75) is 12.6 Å². The van der Waals surface area contributed by atoms with Gasteiger partial charge in [-0.3, -0.25) is 9.69 Å². The van der Waals surface area contributed by atoms with Crippen LogP contribution in [0.15, 0.2) is 54.7 Å². The first kappa shape index (κ1) is 23.6. The Hall–Kier alpha value is -2.55. The van der Waals surface area contributed by atoms with Crippen molar-refractivity contribution in [3.63, 3.8) is 0 Å². The first-order valence-electron chi connectivity index (χ1n) is 10.4. The summed E-state index contributed by atoms with van der Waals surface area (Å²) in [5.41, 5.74) is -0.202. The summed E-state index contributed by atoms with van der Waals surface area (Å²) < 4.78 is 42.5. The Bertz CT molecular complexity index is 1110. The number of piperazine rings is 1. The molecule has 1 aromatic heterocycles. The molecule has 0 bridgehead atoms. The summed E-state index contributed by atoms with van der Waals surface area (Å²) in [5, 5.41) is 4.95. The molecule has 2 aromatic carbocycles. The molecule has 1 amide bonds. The van der Waals surface area contributed by atoms with Crippen LogP contribution in [-0.4, -0.2) is 58.2 Å². The average molecular weight is 497 g/mol. The first-order chi connectivity index (χ1) is 15.7. The smallest absolute Gasteiger partial charge is 0.336 e. The average Bonchev–Trinajstić information content (AvgIpc) is 3.25. The van der Waals surface area contributed by atoms with E-state index in [2.05, 4.69) is 10.00 Å². The summed E-state index contributed by atoms with van der Waals surface area (Å²) in [4.78, 5) is 16.7. The fraction of sp³-hybridized carbons (Fsp3) is 0.304. The molecule has 2 heterocycles. The second kappa shape index (κ2) is 9.75. The van der Waals surface area contributed by atoms with E-state index in [1.54, 1.807) is 0 Å². The van der Waals surface area contributed by atoms with Gasteiger partial charge in [0.2, 0.25) is 0 Å². The Morgan fingerprint density at radius 1 is 0.909 bits per heavy atom. The number of nitrogens with zero attached hydrogens (tertiary/aromatic N) is 4. The van der Waals surface area contributed by atoms with Crippen molar-refractivity contribution in [3.8, 4) is 5.69 Å². The zero-order chi connectivity index (χ0) is 23.6. The van der Waals surface area contributed by atoms with Gasteiger partial charge in [0, 0.05) is 42.8 Å². The molecule has 0 radical (unpaired) electrons. The van der Waals surface area contributed by atoms with Gasteiger partial charge in [-0.15, -0.1) is 0 Å². The molecule has 174 valence electrons. The number of hydrogen-bond donors (Lipinski definition) is 0. The molecular weight excluding hydrogens is 476 g/mol. The standard InChI is InChI=1S/C23H21Cl2F3N4O/c24-17-3-1-16(2-4-17)9-10-30-11-13-31(14-12-30)22(33)20-15-29-32(21(20)23(26,27)28)19-7-5-18(25)6-8-19/h1-8,15H,9-14H2. The molecule has 0 saturated carbocycles. The summed E-state index contributed by atoms with van der Waals surface area (Å²) in [6, 6.07) is 13.4. The van der Waals surface area contributed by atoms with Gasteiger partial charge < -0.3 is 4.90 Å². The molecule has 0 aliphatic carbocycles. The maximum absolute atomic E-state index is 13.9. The van der Waals surface area contributed by atoms with Gasteiger partial charge in [-0.2, -0.15) is 18.3 Å². The highest BCUT2D eigenvalue weighted by atomic mass is 35.5. The van der Waals surface area contributed by atoms with E-state index in [1.165, 1.54) is 29.2 Å². The van der Waals surface area contributed by atoms with Gasteiger partial charge in [0.15, 0.2) is 5.69 Å². The molecule has 1 aliphatic heterocycles. The van der Waals surface area contributed by atoms with Crippen LogP contribution in [0.3, 0.4) is 0 Å². The van der Waals surface area contributed by atoms with E-state index in [1.807, 2.05) is 24.3 Å². The Kier molecular flexibility index (Phi) is 6.97. The second-order valence-corrected chi connectivity index (χ2v) is 8.68. The molecule has 33 heavy (non-hydrogen) atoms. The van der Waals surface area contributed by atoms with Crippen LogP contribution < -0.4 is 0 Å². The Labute approximate surface area is 199 Å². The molecule has 3 aromatic rings. The number of rotatable bonds is 5. The van der Waals surface area contributed by atoms with E-state index in [0.29, 0.717) is 36.2 Å².